The molecule has 0 radical (unpaired) electrons. The van der Waals surface area contributed by atoms with Gasteiger partial charge in [-0.2, -0.15) is 13.2 Å². The number of rotatable bonds is 8. The van der Waals surface area contributed by atoms with Gasteiger partial charge in [0.05, 0.1) is 17.9 Å². The quantitative estimate of drug-likeness (QED) is 0.500. The van der Waals surface area contributed by atoms with E-state index >= 15 is 0 Å². The van der Waals surface area contributed by atoms with Crippen molar-refractivity contribution in [3.05, 3.63) is 54.1 Å². The minimum atomic E-state index is -4.51. The summed E-state index contributed by atoms with van der Waals surface area (Å²) >= 11 is 1.08. The molecule has 1 fully saturated rings. The molecule has 1 N–H and O–H groups in total. The van der Waals surface area contributed by atoms with E-state index in [1.165, 1.54) is 17.0 Å². The lowest BCUT2D eigenvalue weighted by Crippen LogP contribution is -2.45. The maximum absolute atomic E-state index is 13.1. The van der Waals surface area contributed by atoms with Crippen LogP contribution in [0.25, 0.3) is 0 Å². The predicted octanol–water partition coefficient (Wildman–Crippen LogP) is 5.86. The minimum absolute atomic E-state index is 0.0289. The summed E-state index contributed by atoms with van der Waals surface area (Å²) < 4.78 is 44.7. The number of benzene rings is 2. The van der Waals surface area contributed by atoms with Crippen molar-refractivity contribution in [2.24, 2.45) is 4.99 Å². The number of hydrogen-bond acceptors (Lipinski definition) is 5. The van der Waals surface area contributed by atoms with E-state index in [0.717, 1.165) is 30.3 Å². The van der Waals surface area contributed by atoms with Crippen LogP contribution in [0.4, 0.5) is 24.5 Å². The van der Waals surface area contributed by atoms with Crippen LogP contribution in [-0.4, -0.2) is 40.3 Å². The molecule has 0 unspecified atom stereocenters. The maximum atomic E-state index is 13.1. The fourth-order valence-corrected chi connectivity index (χ4v) is 4.39. The molecule has 3 rings (SSSR count). The van der Waals surface area contributed by atoms with Crippen molar-refractivity contribution in [1.29, 1.82) is 0 Å². The Morgan fingerprint density at radius 1 is 1.21 bits per heavy atom. The molecule has 182 valence electrons. The Balaban J connectivity index is 1.82. The minimum Gasteiger partial charge on any atom is -0.494 e. The topological polar surface area (TPSA) is 71.0 Å². The number of aliphatic imine (C=N–C) groups is 1. The van der Waals surface area contributed by atoms with E-state index in [-0.39, 0.29) is 29.1 Å². The molecule has 6 nitrogen and oxygen atoms in total. The SMILES string of the molecule is CCCCN1C(=O)C[C@@H](C(=O)Nc2ccc(OCC)cc2)SC1=Nc1cccc(C(F)(F)F)c1. The van der Waals surface area contributed by atoms with Crippen molar-refractivity contribution in [2.75, 3.05) is 18.5 Å². The Kier molecular flexibility index (Phi) is 8.60. The van der Waals surface area contributed by atoms with Gasteiger partial charge >= 0.3 is 6.18 Å². The van der Waals surface area contributed by atoms with E-state index in [1.54, 1.807) is 24.3 Å². The third kappa shape index (κ3) is 6.75. The number of carbonyl (C=O) groups is 2. The number of alkyl halides is 3. The van der Waals surface area contributed by atoms with Gasteiger partial charge in [-0.25, -0.2) is 4.99 Å². The van der Waals surface area contributed by atoms with Gasteiger partial charge in [-0.05, 0) is 55.8 Å². The number of amides is 2. The van der Waals surface area contributed by atoms with E-state index in [2.05, 4.69) is 10.3 Å². The van der Waals surface area contributed by atoms with E-state index in [0.29, 0.717) is 31.0 Å². The average molecular weight is 494 g/mol. The van der Waals surface area contributed by atoms with Gasteiger partial charge in [0.1, 0.15) is 11.0 Å². The first-order chi connectivity index (χ1) is 16.2. The summed E-state index contributed by atoms with van der Waals surface area (Å²) in [5, 5.41) is 2.24. The van der Waals surface area contributed by atoms with Gasteiger partial charge < -0.3 is 10.1 Å². The number of thioether (sulfide) groups is 1. The highest BCUT2D eigenvalue weighted by Crippen LogP contribution is 2.34. The summed E-state index contributed by atoms with van der Waals surface area (Å²) in [6.07, 6.45) is -3.00. The first-order valence-electron chi connectivity index (χ1n) is 11.0. The van der Waals surface area contributed by atoms with Gasteiger partial charge in [0.15, 0.2) is 5.17 Å². The molecule has 0 spiro atoms. The second-order valence-electron chi connectivity index (χ2n) is 7.60. The Morgan fingerprint density at radius 2 is 1.94 bits per heavy atom. The molecule has 0 saturated carbocycles. The summed E-state index contributed by atoms with van der Waals surface area (Å²) in [4.78, 5) is 31.5. The zero-order valence-electron chi connectivity index (χ0n) is 18.9. The highest BCUT2D eigenvalue weighted by atomic mass is 32.2. The van der Waals surface area contributed by atoms with E-state index < -0.39 is 17.0 Å². The molecule has 2 aromatic rings. The summed E-state index contributed by atoms with van der Waals surface area (Å²) in [5.74, 6) is 0.00366. The lowest BCUT2D eigenvalue weighted by atomic mass is 10.2. The number of anilines is 1. The van der Waals surface area contributed by atoms with Crippen LogP contribution in [0.1, 0.15) is 38.7 Å². The van der Waals surface area contributed by atoms with Gasteiger partial charge in [0.2, 0.25) is 11.8 Å². The highest BCUT2D eigenvalue weighted by Gasteiger charge is 2.36. The van der Waals surface area contributed by atoms with Crippen LogP contribution in [0, 0.1) is 0 Å². The first-order valence-corrected chi connectivity index (χ1v) is 11.9. The fourth-order valence-electron chi connectivity index (χ4n) is 3.26. The Hall–Kier alpha value is -3.01. The maximum Gasteiger partial charge on any atom is 0.416 e. The molecule has 1 aliphatic rings. The van der Waals surface area contributed by atoms with Crippen LogP contribution in [0.2, 0.25) is 0 Å². The molecular formula is C24H26F3N3O3S. The number of amidine groups is 1. The molecule has 1 atom stereocenters. The van der Waals surface area contributed by atoms with E-state index in [1.807, 2.05) is 13.8 Å². The van der Waals surface area contributed by atoms with E-state index in [9.17, 15) is 22.8 Å². The monoisotopic (exact) mass is 493 g/mol. The van der Waals surface area contributed by atoms with Crippen LogP contribution in [0.15, 0.2) is 53.5 Å². The van der Waals surface area contributed by atoms with Crippen molar-refractivity contribution < 1.29 is 27.5 Å². The molecule has 0 bridgehead atoms. The van der Waals surface area contributed by atoms with Gasteiger partial charge in [-0.3, -0.25) is 14.5 Å². The van der Waals surface area contributed by atoms with Crippen molar-refractivity contribution in [3.8, 4) is 5.75 Å². The van der Waals surface area contributed by atoms with Crippen molar-refractivity contribution in [2.45, 2.75) is 44.5 Å². The number of hydrogen-bond donors (Lipinski definition) is 1. The molecular weight excluding hydrogens is 467 g/mol. The van der Waals surface area contributed by atoms with E-state index in [4.69, 9.17) is 4.74 Å². The van der Waals surface area contributed by atoms with Crippen LogP contribution in [-0.2, 0) is 15.8 Å². The Labute approximate surface area is 200 Å². The van der Waals surface area contributed by atoms with Crippen LogP contribution >= 0.6 is 11.8 Å². The average Bonchev–Trinajstić information content (AvgIpc) is 2.79. The highest BCUT2D eigenvalue weighted by molar-refractivity contribution is 8.15. The molecule has 1 saturated heterocycles. The number of nitrogens with one attached hydrogen (secondary N) is 1. The second kappa shape index (κ2) is 11.4. The fraction of sp³-hybridized carbons (Fsp3) is 0.375. The predicted molar refractivity (Wildman–Crippen MR) is 127 cm³/mol. The third-order valence-electron chi connectivity index (χ3n) is 5.00. The van der Waals surface area contributed by atoms with Crippen LogP contribution in [0.5, 0.6) is 5.75 Å². The zero-order chi connectivity index (χ0) is 24.7. The molecule has 1 aliphatic heterocycles. The first kappa shape index (κ1) is 25.6. The van der Waals surface area contributed by atoms with Crippen LogP contribution < -0.4 is 10.1 Å². The lowest BCUT2D eigenvalue weighted by Gasteiger charge is -2.31. The zero-order valence-corrected chi connectivity index (χ0v) is 19.7. The van der Waals surface area contributed by atoms with Gasteiger partial charge in [0.25, 0.3) is 0 Å². The third-order valence-corrected chi connectivity index (χ3v) is 6.19. The molecule has 2 aromatic carbocycles. The Bertz CT molecular complexity index is 1040. The molecule has 1 heterocycles. The normalized spacial score (nSPS) is 17.7. The number of nitrogens with zero attached hydrogens (tertiary/aromatic N) is 2. The molecule has 0 aliphatic carbocycles. The lowest BCUT2D eigenvalue weighted by molar-refractivity contribution is -0.137. The van der Waals surface area contributed by atoms with Gasteiger partial charge in [0, 0.05) is 18.7 Å². The van der Waals surface area contributed by atoms with Gasteiger partial charge in [-0.15, -0.1) is 0 Å². The number of halogens is 3. The van der Waals surface area contributed by atoms with Crippen molar-refractivity contribution in [3.63, 3.8) is 0 Å². The van der Waals surface area contributed by atoms with Gasteiger partial charge in [-0.1, -0.05) is 31.2 Å². The van der Waals surface area contributed by atoms with Crippen molar-refractivity contribution >= 4 is 40.1 Å². The summed E-state index contributed by atoms with van der Waals surface area (Å²) in [5.41, 5.74) is -0.211. The molecule has 0 aromatic heterocycles. The molecule has 34 heavy (non-hydrogen) atoms. The Morgan fingerprint density at radius 3 is 2.59 bits per heavy atom. The smallest absolute Gasteiger partial charge is 0.416 e. The summed E-state index contributed by atoms with van der Waals surface area (Å²) in [7, 11) is 0. The number of unbranched alkanes of at least 4 members (excludes halogenated alkanes) is 1. The molecule has 2 amide bonds. The standard InChI is InChI=1S/C24H26F3N3O3S/c1-3-5-13-30-21(31)15-20(22(32)28-17-9-11-19(12-10-17)33-4-2)34-23(30)29-18-8-6-7-16(14-18)24(25,26)27/h6-12,14,20H,3-5,13,15H2,1-2H3,(H,28,32)/t20-/m0/s1. The molecule has 10 heteroatoms. The van der Waals surface area contributed by atoms with Crippen LogP contribution in [0.3, 0.4) is 0 Å². The summed E-state index contributed by atoms with van der Waals surface area (Å²) in [6, 6.07) is 11.5. The summed E-state index contributed by atoms with van der Waals surface area (Å²) in [6.45, 7) is 4.75. The number of carbonyl (C=O) groups excluding carboxylic acids is 2. The second-order valence-corrected chi connectivity index (χ2v) is 8.77. The largest absolute Gasteiger partial charge is 0.494 e. The van der Waals surface area contributed by atoms with Crippen molar-refractivity contribution in [1.82, 2.24) is 4.90 Å². The number of ether oxygens (including phenoxy) is 1.